The first-order valence-corrected chi connectivity index (χ1v) is 12.0. The van der Waals surface area contributed by atoms with E-state index in [1.807, 2.05) is 17.5 Å². The Hall–Kier alpha value is -2.98. The molecule has 5 rings (SSSR count). The average molecular weight is 444 g/mol. The first kappa shape index (κ1) is 19.0. The Morgan fingerprint density at radius 3 is 2.83 bits per heavy atom. The minimum atomic E-state index is -3.14. The van der Waals surface area contributed by atoms with Gasteiger partial charge in [-0.05, 0) is 36.1 Å². The molecular formula is C20H17N3O5S2. The average Bonchev–Trinajstić information content (AvgIpc) is 3.51. The molecule has 0 radical (unpaired) electrons. The summed E-state index contributed by atoms with van der Waals surface area (Å²) < 4.78 is 36.4. The molecule has 1 saturated heterocycles. The van der Waals surface area contributed by atoms with E-state index >= 15 is 0 Å². The number of ether oxygens (including phenoxy) is 1. The van der Waals surface area contributed by atoms with Crippen LogP contribution in [0.3, 0.4) is 0 Å². The maximum Gasteiger partial charge on any atom is 0.338 e. The van der Waals surface area contributed by atoms with Gasteiger partial charge in [0.25, 0.3) is 0 Å². The number of fused-ring (bicyclic) bond motifs is 1. The Labute approximate surface area is 176 Å². The molecule has 0 saturated carbocycles. The standard InChI is InChI=1S/C20H17N3O5S2/c1-27-20(24)13-10-14(16-5-3-8-29-16)21-19-17(13)18(15-4-2-7-28-15)22-23(19)12-6-9-30(25,26)11-12/h2-5,7-8,10,12H,6,9,11H2,1H3. The molecule has 0 N–H and O–H groups in total. The van der Waals surface area contributed by atoms with E-state index in [0.29, 0.717) is 40.2 Å². The van der Waals surface area contributed by atoms with E-state index in [1.165, 1.54) is 24.7 Å². The molecule has 0 aromatic carbocycles. The van der Waals surface area contributed by atoms with Crippen molar-refractivity contribution in [3.05, 3.63) is 47.5 Å². The number of pyridine rings is 1. The Bertz CT molecular complexity index is 1340. The lowest BCUT2D eigenvalue weighted by Crippen LogP contribution is -2.13. The van der Waals surface area contributed by atoms with E-state index in [2.05, 4.69) is 5.10 Å². The largest absolute Gasteiger partial charge is 0.465 e. The van der Waals surface area contributed by atoms with Gasteiger partial charge in [0.05, 0.1) is 52.4 Å². The quantitative estimate of drug-likeness (QED) is 0.444. The predicted molar refractivity (Wildman–Crippen MR) is 112 cm³/mol. The Kier molecular flexibility index (Phi) is 4.48. The van der Waals surface area contributed by atoms with Crippen LogP contribution in [-0.4, -0.2) is 47.8 Å². The monoisotopic (exact) mass is 443 g/mol. The third kappa shape index (κ3) is 3.12. The highest BCUT2D eigenvalue weighted by Gasteiger charge is 2.33. The normalized spacial score (nSPS) is 18.1. The van der Waals surface area contributed by atoms with E-state index in [9.17, 15) is 13.2 Å². The van der Waals surface area contributed by atoms with Crippen molar-refractivity contribution in [3.8, 4) is 22.0 Å². The molecule has 8 nitrogen and oxygen atoms in total. The van der Waals surface area contributed by atoms with Crippen molar-refractivity contribution in [1.29, 1.82) is 0 Å². The maximum atomic E-state index is 12.7. The van der Waals surface area contributed by atoms with Crippen molar-refractivity contribution < 1.29 is 22.4 Å². The van der Waals surface area contributed by atoms with Gasteiger partial charge in [0.1, 0.15) is 5.69 Å². The minimum absolute atomic E-state index is 0.0140. The topological polar surface area (TPSA) is 104 Å². The van der Waals surface area contributed by atoms with Gasteiger partial charge < -0.3 is 9.15 Å². The van der Waals surface area contributed by atoms with Crippen LogP contribution in [0.2, 0.25) is 0 Å². The fourth-order valence-corrected chi connectivity index (χ4v) is 6.14. The number of hydrogen-bond acceptors (Lipinski definition) is 8. The fourth-order valence-electron chi connectivity index (χ4n) is 3.77. The first-order valence-electron chi connectivity index (χ1n) is 9.26. The number of carbonyl (C=O) groups excluding carboxylic acids is 1. The molecule has 30 heavy (non-hydrogen) atoms. The molecule has 1 fully saturated rings. The van der Waals surface area contributed by atoms with Crippen LogP contribution < -0.4 is 0 Å². The number of aromatic nitrogens is 3. The smallest absolute Gasteiger partial charge is 0.338 e. The maximum absolute atomic E-state index is 12.7. The summed E-state index contributed by atoms with van der Waals surface area (Å²) in [4.78, 5) is 18.4. The van der Waals surface area contributed by atoms with Crippen molar-refractivity contribution in [2.45, 2.75) is 12.5 Å². The molecule has 4 aromatic heterocycles. The Morgan fingerprint density at radius 1 is 1.33 bits per heavy atom. The predicted octanol–water partition coefficient (Wildman–Crippen LogP) is 3.57. The second-order valence-corrected chi connectivity index (χ2v) is 10.2. The molecule has 1 aliphatic rings. The van der Waals surface area contributed by atoms with Crippen molar-refractivity contribution in [1.82, 2.24) is 14.8 Å². The molecule has 10 heteroatoms. The minimum Gasteiger partial charge on any atom is -0.465 e. The molecule has 4 aromatic rings. The number of carbonyl (C=O) groups is 1. The zero-order chi connectivity index (χ0) is 20.9. The van der Waals surface area contributed by atoms with E-state index < -0.39 is 15.8 Å². The van der Waals surface area contributed by atoms with E-state index in [-0.39, 0.29) is 17.5 Å². The lowest BCUT2D eigenvalue weighted by molar-refractivity contribution is 0.0603. The lowest BCUT2D eigenvalue weighted by Gasteiger charge is -2.11. The molecule has 0 amide bonds. The Balaban J connectivity index is 1.83. The summed E-state index contributed by atoms with van der Waals surface area (Å²) in [7, 11) is -1.82. The summed E-state index contributed by atoms with van der Waals surface area (Å²) in [6, 6.07) is 8.60. The van der Waals surface area contributed by atoms with Gasteiger partial charge in [-0.2, -0.15) is 5.10 Å². The van der Waals surface area contributed by atoms with Crippen LogP contribution in [0.5, 0.6) is 0 Å². The van der Waals surface area contributed by atoms with Gasteiger partial charge in [-0.1, -0.05) is 6.07 Å². The van der Waals surface area contributed by atoms with E-state index in [4.69, 9.17) is 14.1 Å². The third-order valence-electron chi connectivity index (χ3n) is 5.15. The van der Waals surface area contributed by atoms with Crippen LogP contribution >= 0.6 is 11.3 Å². The highest BCUT2D eigenvalue weighted by Crippen LogP contribution is 2.37. The van der Waals surface area contributed by atoms with Crippen molar-refractivity contribution in [3.63, 3.8) is 0 Å². The molecule has 0 aliphatic carbocycles. The lowest BCUT2D eigenvalue weighted by atomic mass is 10.1. The molecule has 154 valence electrons. The van der Waals surface area contributed by atoms with E-state index in [1.54, 1.807) is 22.9 Å². The summed E-state index contributed by atoms with van der Waals surface area (Å²) in [6.45, 7) is 0. The summed E-state index contributed by atoms with van der Waals surface area (Å²) in [5, 5.41) is 7.08. The molecule has 1 atom stereocenters. The van der Waals surface area contributed by atoms with Crippen molar-refractivity contribution in [2.75, 3.05) is 18.6 Å². The number of rotatable bonds is 4. The molecule has 1 unspecified atom stereocenters. The SMILES string of the molecule is COC(=O)c1cc(-c2cccs2)nc2c1c(-c1ccco1)nn2C1CCS(=O)(=O)C1. The van der Waals surface area contributed by atoms with Gasteiger partial charge in [0, 0.05) is 0 Å². The summed E-state index contributed by atoms with van der Waals surface area (Å²) in [5.41, 5.74) is 1.79. The highest BCUT2D eigenvalue weighted by atomic mass is 32.2. The third-order valence-corrected chi connectivity index (χ3v) is 7.79. The molecule has 0 spiro atoms. The van der Waals surface area contributed by atoms with Gasteiger partial charge in [-0.15, -0.1) is 11.3 Å². The second kappa shape index (κ2) is 7.06. The number of hydrogen-bond donors (Lipinski definition) is 0. The van der Waals surface area contributed by atoms with Gasteiger partial charge in [-0.3, -0.25) is 0 Å². The number of thiophene rings is 1. The van der Waals surface area contributed by atoms with Crippen LogP contribution in [0.25, 0.3) is 33.1 Å². The van der Waals surface area contributed by atoms with Gasteiger partial charge >= 0.3 is 5.97 Å². The fraction of sp³-hybridized carbons (Fsp3) is 0.250. The van der Waals surface area contributed by atoms with Gasteiger partial charge in [0.2, 0.25) is 0 Å². The molecule has 1 aliphatic heterocycles. The number of methoxy groups -OCH3 is 1. The zero-order valence-corrected chi connectivity index (χ0v) is 17.6. The highest BCUT2D eigenvalue weighted by molar-refractivity contribution is 7.91. The number of furan rings is 1. The van der Waals surface area contributed by atoms with Crippen LogP contribution in [0.15, 0.2) is 46.4 Å². The van der Waals surface area contributed by atoms with Crippen molar-refractivity contribution >= 4 is 38.2 Å². The van der Waals surface area contributed by atoms with E-state index in [0.717, 1.165) is 4.88 Å². The number of nitrogens with zero attached hydrogens (tertiary/aromatic N) is 3. The van der Waals surface area contributed by atoms with Gasteiger partial charge in [0.15, 0.2) is 21.2 Å². The van der Waals surface area contributed by atoms with Crippen molar-refractivity contribution in [2.24, 2.45) is 0 Å². The second-order valence-electron chi connectivity index (χ2n) is 7.05. The van der Waals surface area contributed by atoms with Gasteiger partial charge in [-0.25, -0.2) is 22.9 Å². The van der Waals surface area contributed by atoms with Crippen LogP contribution in [-0.2, 0) is 14.6 Å². The van der Waals surface area contributed by atoms with Crippen LogP contribution in [0, 0.1) is 0 Å². The zero-order valence-electron chi connectivity index (χ0n) is 15.9. The summed E-state index contributed by atoms with van der Waals surface area (Å²) >= 11 is 1.50. The van der Waals surface area contributed by atoms with Crippen LogP contribution in [0.1, 0.15) is 22.8 Å². The molecule has 5 heterocycles. The Morgan fingerprint density at radius 2 is 2.20 bits per heavy atom. The molecular weight excluding hydrogens is 426 g/mol. The first-order chi connectivity index (χ1) is 14.5. The number of sulfone groups is 1. The van der Waals surface area contributed by atoms with Crippen LogP contribution in [0.4, 0.5) is 0 Å². The summed E-state index contributed by atoms with van der Waals surface area (Å²) in [6.07, 6.45) is 1.96. The number of esters is 1. The molecule has 0 bridgehead atoms. The summed E-state index contributed by atoms with van der Waals surface area (Å²) in [5.74, 6) is 0.0331.